The van der Waals surface area contributed by atoms with Crippen LogP contribution in [0.25, 0.3) is 0 Å². The number of piperazine rings is 1. The molecule has 0 aliphatic carbocycles. The second kappa shape index (κ2) is 8.12. The molecule has 1 amide bonds. The summed E-state index contributed by atoms with van der Waals surface area (Å²) in [6, 6.07) is 8.34. The van der Waals surface area contributed by atoms with Crippen LogP contribution in [0.2, 0.25) is 0 Å². The van der Waals surface area contributed by atoms with Gasteiger partial charge < -0.3 is 14.7 Å². The summed E-state index contributed by atoms with van der Waals surface area (Å²) in [5, 5.41) is 0. The second-order valence-electron chi connectivity index (χ2n) is 6.19. The zero-order chi connectivity index (χ0) is 18.5. The number of carbonyl (C=O) groups is 1. The quantitative estimate of drug-likeness (QED) is 0.823. The van der Waals surface area contributed by atoms with Crippen LogP contribution >= 0.6 is 0 Å². The van der Waals surface area contributed by atoms with Crippen molar-refractivity contribution in [3.63, 3.8) is 0 Å². The zero-order valence-corrected chi connectivity index (χ0v) is 15.2. The largest absolute Gasteiger partial charge is 0.368 e. The third kappa shape index (κ3) is 3.92. The fraction of sp³-hybridized carbons (Fsp3) is 0.421. The van der Waals surface area contributed by atoms with Gasteiger partial charge in [0.05, 0.1) is 0 Å². The molecule has 138 valence electrons. The summed E-state index contributed by atoms with van der Waals surface area (Å²) in [6.07, 6.45) is 1.46. The maximum absolute atomic E-state index is 13.1. The lowest BCUT2D eigenvalue weighted by atomic mass is 10.2. The number of nitrogens with zero attached hydrogens (tertiary/aromatic N) is 5. The van der Waals surface area contributed by atoms with E-state index < -0.39 is 0 Å². The van der Waals surface area contributed by atoms with Crippen LogP contribution in [0.4, 0.5) is 15.9 Å². The van der Waals surface area contributed by atoms with Gasteiger partial charge in [-0.2, -0.15) is 0 Å². The Bertz CT molecular complexity index is 740. The van der Waals surface area contributed by atoms with Gasteiger partial charge in [0.25, 0.3) is 5.91 Å². The summed E-state index contributed by atoms with van der Waals surface area (Å²) in [4.78, 5) is 27.1. The number of hydrogen-bond acceptors (Lipinski definition) is 5. The van der Waals surface area contributed by atoms with Gasteiger partial charge in [-0.05, 0) is 38.1 Å². The first-order valence-electron chi connectivity index (χ1n) is 8.99. The van der Waals surface area contributed by atoms with Crippen molar-refractivity contribution in [1.29, 1.82) is 0 Å². The van der Waals surface area contributed by atoms with Gasteiger partial charge in [-0.3, -0.25) is 4.79 Å². The van der Waals surface area contributed by atoms with E-state index >= 15 is 0 Å². The third-order valence-corrected chi connectivity index (χ3v) is 4.72. The van der Waals surface area contributed by atoms with E-state index in [1.165, 1.54) is 18.5 Å². The van der Waals surface area contributed by atoms with Crippen LogP contribution in [0.15, 0.2) is 36.7 Å². The van der Waals surface area contributed by atoms with E-state index in [9.17, 15) is 9.18 Å². The van der Waals surface area contributed by atoms with E-state index in [-0.39, 0.29) is 11.7 Å². The van der Waals surface area contributed by atoms with E-state index in [1.807, 2.05) is 13.8 Å². The minimum atomic E-state index is -0.223. The van der Waals surface area contributed by atoms with E-state index in [1.54, 1.807) is 23.1 Å². The van der Waals surface area contributed by atoms with Crippen molar-refractivity contribution in [3.8, 4) is 0 Å². The smallest absolute Gasteiger partial charge is 0.272 e. The van der Waals surface area contributed by atoms with Crippen LogP contribution < -0.4 is 9.80 Å². The number of hydrogen-bond donors (Lipinski definition) is 0. The fourth-order valence-electron chi connectivity index (χ4n) is 3.16. The zero-order valence-electron chi connectivity index (χ0n) is 15.2. The normalized spacial score (nSPS) is 14.4. The van der Waals surface area contributed by atoms with Crippen LogP contribution in [-0.4, -0.2) is 60.0 Å². The topological polar surface area (TPSA) is 52.6 Å². The molecule has 1 aliphatic heterocycles. The number of halogens is 1. The third-order valence-electron chi connectivity index (χ3n) is 4.72. The molecule has 0 spiro atoms. The lowest BCUT2D eigenvalue weighted by Crippen LogP contribution is -2.47. The molecule has 1 fully saturated rings. The summed E-state index contributed by atoms with van der Waals surface area (Å²) in [7, 11) is 0. The molecule has 0 saturated carbocycles. The Balaban J connectivity index is 1.67. The Labute approximate surface area is 153 Å². The van der Waals surface area contributed by atoms with E-state index in [2.05, 4.69) is 19.8 Å². The van der Waals surface area contributed by atoms with Crippen molar-refractivity contribution in [2.24, 2.45) is 0 Å². The molecule has 1 aliphatic rings. The van der Waals surface area contributed by atoms with Gasteiger partial charge in [-0.15, -0.1) is 0 Å². The summed E-state index contributed by atoms with van der Waals surface area (Å²) in [5.74, 6) is 0.483. The average Bonchev–Trinajstić information content (AvgIpc) is 2.70. The monoisotopic (exact) mass is 357 g/mol. The Kier molecular flexibility index (Phi) is 5.65. The predicted molar refractivity (Wildman–Crippen MR) is 100 cm³/mol. The highest BCUT2D eigenvalue weighted by atomic mass is 19.1. The van der Waals surface area contributed by atoms with Crippen molar-refractivity contribution in [3.05, 3.63) is 48.2 Å². The number of rotatable bonds is 5. The lowest BCUT2D eigenvalue weighted by molar-refractivity contribution is 0.0767. The Morgan fingerprint density at radius 2 is 1.65 bits per heavy atom. The van der Waals surface area contributed by atoms with E-state index in [0.717, 1.165) is 37.7 Å². The highest BCUT2D eigenvalue weighted by Gasteiger charge is 2.21. The van der Waals surface area contributed by atoms with Gasteiger partial charge in [0, 0.05) is 51.0 Å². The molecular formula is C19H24FN5O. The first kappa shape index (κ1) is 18.1. The minimum Gasteiger partial charge on any atom is -0.368 e. The minimum absolute atomic E-state index is 0.0661. The number of benzene rings is 1. The molecule has 0 radical (unpaired) electrons. The van der Waals surface area contributed by atoms with Crippen LogP contribution in [0.5, 0.6) is 0 Å². The van der Waals surface area contributed by atoms with Gasteiger partial charge in [0.15, 0.2) is 0 Å². The second-order valence-corrected chi connectivity index (χ2v) is 6.19. The molecule has 0 bridgehead atoms. The predicted octanol–water partition coefficient (Wildman–Crippen LogP) is 2.42. The molecule has 1 aromatic heterocycles. The number of carbonyl (C=O) groups excluding carboxylic acids is 1. The Morgan fingerprint density at radius 3 is 2.27 bits per heavy atom. The first-order chi connectivity index (χ1) is 12.6. The molecule has 2 aromatic rings. The van der Waals surface area contributed by atoms with Gasteiger partial charge in [0.1, 0.15) is 23.7 Å². The van der Waals surface area contributed by atoms with Gasteiger partial charge in [-0.25, -0.2) is 14.4 Å². The summed E-state index contributed by atoms with van der Waals surface area (Å²) in [5.41, 5.74) is 1.45. The first-order valence-corrected chi connectivity index (χ1v) is 8.99. The van der Waals surface area contributed by atoms with E-state index in [0.29, 0.717) is 18.8 Å². The van der Waals surface area contributed by atoms with Crippen LogP contribution in [0, 0.1) is 5.82 Å². The Morgan fingerprint density at radius 1 is 1.04 bits per heavy atom. The van der Waals surface area contributed by atoms with Crippen LogP contribution in [-0.2, 0) is 0 Å². The highest BCUT2D eigenvalue weighted by molar-refractivity contribution is 5.92. The van der Waals surface area contributed by atoms with Gasteiger partial charge in [0.2, 0.25) is 0 Å². The van der Waals surface area contributed by atoms with Crippen molar-refractivity contribution < 1.29 is 9.18 Å². The molecule has 0 N–H and O–H groups in total. The molecule has 26 heavy (non-hydrogen) atoms. The number of amides is 1. The molecule has 3 rings (SSSR count). The maximum Gasteiger partial charge on any atom is 0.272 e. The molecule has 1 saturated heterocycles. The van der Waals surface area contributed by atoms with Gasteiger partial charge in [-0.1, -0.05) is 0 Å². The van der Waals surface area contributed by atoms with Crippen molar-refractivity contribution >= 4 is 17.4 Å². The number of anilines is 2. The lowest BCUT2D eigenvalue weighted by Gasteiger charge is -2.36. The molecule has 7 heteroatoms. The number of aromatic nitrogens is 2. The molecule has 1 aromatic carbocycles. The molecular weight excluding hydrogens is 333 g/mol. The highest BCUT2D eigenvalue weighted by Crippen LogP contribution is 2.20. The van der Waals surface area contributed by atoms with Crippen molar-refractivity contribution in [1.82, 2.24) is 14.9 Å². The average molecular weight is 357 g/mol. The van der Waals surface area contributed by atoms with E-state index in [4.69, 9.17) is 0 Å². The summed E-state index contributed by atoms with van der Waals surface area (Å²) >= 11 is 0. The SMILES string of the molecule is CCN(CC)C(=O)c1cc(N2CCN(c3ccc(F)cc3)CC2)ncn1. The standard InChI is InChI=1S/C19H24FN5O/c1-3-23(4-2)19(26)17-13-18(22-14-21-17)25-11-9-24(10-12-25)16-7-5-15(20)6-8-16/h5-8,13-14H,3-4,9-12H2,1-2H3. The maximum atomic E-state index is 13.1. The molecule has 2 heterocycles. The summed E-state index contributed by atoms with van der Waals surface area (Å²) < 4.78 is 13.1. The van der Waals surface area contributed by atoms with Crippen LogP contribution in [0.1, 0.15) is 24.3 Å². The van der Waals surface area contributed by atoms with Crippen molar-refractivity contribution in [2.45, 2.75) is 13.8 Å². The fourth-order valence-corrected chi connectivity index (χ4v) is 3.16. The molecule has 0 atom stereocenters. The summed E-state index contributed by atoms with van der Waals surface area (Å²) in [6.45, 7) is 8.43. The molecule has 0 unspecified atom stereocenters. The van der Waals surface area contributed by atoms with Crippen molar-refractivity contribution in [2.75, 3.05) is 49.1 Å². The van der Waals surface area contributed by atoms with Crippen LogP contribution in [0.3, 0.4) is 0 Å². The van der Waals surface area contributed by atoms with Gasteiger partial charge >= 0.3 is 0 Å². The Hall–Kier alpha value is -2.70. The molecule has 6 nitrogen and oxygen atoms in total.